The summed E-state index contributed by atoms with van der Waals surface area (Å²) in [5, 5.41) is 11.3. The Morgan fingerprint density at radius 3 is 2.62 bits per heavy atom. The molecule has 0 aliphatic carbocycles. The number of nitrogens with one attached hydrogen (secondary N) is 2. The first kappa shape index (κ1) is 14.2. The van der Waals surface area contributed by atoms with Gasteiger partial charge in [0.25, 0.3) is 0 Å². The molecule has 1 aromatic heterocycles. The molecule has 0 bridgehead atoms. The highest BCUT2D eigenvalue weighted by atomic mass is 32.1. The molecular formula is C15H15FN2O2S. The van der Waals surface area contributed by atoms with Gasteiger partial charge in [-0.3, -0.25) is 4.79 Å². The van der Waals surface area contributed by atoms with Gasteiger partial charge in [0.15, 0.2) is 0 Å². The minimum absolute atomic E-state index is 0.133. The number of halogens is 1. The highest BCUT2D eigenvalue weighted by Crippen LogP contribution is 2.32. The third kappa shape index (κ3) is 2.97. The number of benzene rings is 1. The summed E-state index contributed by atoms with van der Waals surface area (Å²) in [5.41, 5.74) is 6.76. The van der Waals surface area contributed by atoms with Crippen LogP contribution in [-0.2, 0) is 11.2 Å². The lowest BCUT2D eigenvalue weighted by Crippen LogP contribution is -2.38. The molecule has 0 radical (unpaired) electrons. The molecule has 6 heteroatoms. The predicted molar refractivity (Wildman–Crippen MR) is 78.3 cm³/mol. The minimum atomic E-state index is -0.881. The fraction of sp³-hybridized carbons (Fsp3) is 0.267. The third-order valence-electron chi connectivity index (χ3n) is 3.76. The van der Waals surface area contributed by atoms with Crippen LogP contribution in [0.4, 0.5) is 4.39 Å². The largest absolute Gasteiger partial charge is 0.480 e. The Morgan fingerprint density at radius 1 is 1.24 bits per heavy atom. The van der Waals surface area contributed by atoms with E-state index in [2.05, 4.69) is 10.9 Å². The van der Waals surface area contributed by atoms with Gasteiger partial charge in [0, 0.05) is 10.8 Å². The van der Waals surface area contributed by atoms with Gasteiger partial charge in [-0.2, -0.15) is 0 Å². The van der Waals surface area contributed by atoms with E-state index in [4.69, 9.17) is 0 Å². The Kier molecular flexibility index (Phi) is 4.01. The van der Waals surface area contributed by atoms with Gasteiger partial charge in [0.1, 0.15) is 11.9 Å². The monoisotopic (exact) mass is 306 g/mol. The summed E-state index contributed by atoms with van der Waals surface area (Å²) in [7, 11) is 0. The van der Waals surface area contributed by atoms with E-state index >= 15 is 0 Å². The van der Waals surface area contributed by atoms with Crippen molar-refractivity contribution in [2.24, 2.45) is 5.92 Å². The quantitative estimate of drug-likeness (QED) is 0.811. The van der Waals surface area contributed by atoms with E-state index in [1.807, 2.05) is 17.5 Å². The van der Waals surface area contributed by atoms with Crippen LogP contribution in [0.1, 0.15) is 16.5 Å². The summed E-state index contributed by atoms with van der Waals surface area (Å²) < 4.78 is 13.1. The number of hydrazine groups is 1. The average Bonchev–Trinajstić information content (AvgIpc) is 3.10. The predicted octanol–water partition coefficient (Wildman–Crippen LogP) is 2.35. The van der Waals surface area contributed by atoms with Crippen molar-refractivity contribution in [1.29, 1.82) is 0 Å². The van der Waals surface area contributed by atoms with Crippen molar-refractivity contribution in [3.63, 3.8) is 0 Å². The molecule has 3 unspecified atom stereocenters. The van der Waals surface area contributed by atoms with Crippen molar-refractivity contribution in [3.05, 3.63) is 58.0 Å². The summed E-state index contributed by atoms with van der Waals surface area (Å²) >= 11 is 1.61. The van der Waals surface area contributed by atoms with E-state index in [9.17, 15) is 14.3 Å². The summed E-state index contributed by atoms with van der Waals surface area (Å²) in [4.78, 5) is 12.6. The number of carboxylic acids is 1. The molecular weight excluding hydrogens is 291 g/mol. The first-order chi connectivity index (χ1) is 10.1. The zero-order valence-corrected chi connectivity index (χ0v) is 11.9. The zero-order chi connectivity index (χ0) is 14.8. The number of carbonyl (C=O) groups is 1. The topological polar surface area (TPSA) is 61.4 Å². The normalized spacial score (nSPS) is 25.1. The number of hydrogen-bond acceptors (Lipinski definition) is 4. The van der Waals surface area contributed by atoms with Crippen molar-refractivity contribution in [3.8, 4) is 0 Å². The van der Waals surface area contributed by atoms with Gasteiger partial charge in [-0.05, 0) is 35.6 Å². The van der Waals surface area contributed by atoms with Gasteiger partial charge in [-0.25, -0.2) is 15.2 Å². The van der Waals surface area contributed by atoms with Gasteiger partial charge < -0.3 is 5.11 Å². The number of rotatable bonds is 4. The van der Waals surface area contributed by atoms with Gasteiger partial charge in [0.05, 0.1) is 6.04 Å². The molecule has 1 saturated heterocycles. The molecule has 2 heterocycles. The number of thiophene rings is 1. The van der Waals surface area contributed by atoms with E-state index in [1.165, 1.54) is 12.1 Å². The van der Waals surface area contributed by atoms with Crippen LogP contribution < -0.4 is 10.9 Å². The standard InChI is InChI=1S/C15H15FN2O2S/c16-10-5-3-9(4-6-10)13-12(8-11-2-1-7-21-11)14(15(19)20)18-17-13/h1-7,12-14,17-18H,8H2,(H,19,20). The van der Waals surface area contributed by atoms with Crippen molar-refractivity contribution < 1.29 is 14.3 Å². The summed E-state index contributed by atoms with van der Waals surface area (Å²) in [6.07, 6.45) is 0.663. The maximum atomic E-state index is 13.1. The maximum Gasteiger partial charge on any atom is 0.322 e. The van der Waals surface area contributed by atoms with E-state index in [1.54, 1.807) is 23.5 Å². The molecule has 3 rings (SSSR count). The summed E-state index contributed by atoms with van der Waals surface area (Å²) in [5.74, 6) is -1.31. The van der Waals surface area contributed by atoms with Crippen LogP contribution in [0.25, 0.3) is 0 Å². The van der Waals surface area contributed by atoms with Crippen LogP contribution in [0, 0.1) is 11.7 Å². The van der Waals surface area contributed by atoms with Crippen molar-refractivity contribution >= 4 is 17.3 Å². The lowest BCUT2D eigenvalue weighted by atomic mass is 9.86. The van der Waals surface area contributed by atoms with Crippen LogP contribution >= 0.6 is 11.3 Å². The Balaban J connectivity index is 1.87. The van der Waals surface area contributed by atoms with Crippen molar-refractivity contribution in [2.45, 2.75) is 18.5 Å². The fourth-order valence-electron chi connectivity index (χ4n) is 2.73. The smallest absolute Gasteiger partial charge is 0.322 e. The number of carboxylic acid groups (broad SMARTS) is 1. The van der Waals surface area contributed by atoms with Gasteiger partial charge in [-0.15, -0.1) is 11.3 Å². The average molecular weight is 306 g/mol. The first-order valence-electron chi connectivity index (χ1n) is 6.67. The fourth-order valence-corrected chi connectivity index (χ4v) is 3.51. The van der Waals surface area contributed by atoms with E-state index in [-0.39, 0.29) is 17.8 Å². The molecule has 3 N–H and O–H groups in total. The van der Waals surface area contributed by atoms with Crippen LogP contribution in [-0.4, -0.2) is 17.1 Å². The van der Waals surface area contributed by atoms with Crippen LogP contribution in [0.15, 0.2) is 41.8 Å². The molecule has 110 valence electrons. The van der Waals surface area contributed by atoms with Crippen molar-refractivity contribution in [2.75, 3.05) is 0 Å². The SMILES string of the molecule is O=C(O)C1NNC(c2ccc(F)cc2)C1Cc1cccs1. The van der Waals surface area contributed by atoms with Crippen molar-refractivity contribution in [1.82, 2.24) is 10.9 Å². The number of hydrogen-bond donors (Lipinski definition) is 3. The summed E-state index contributed by atoms with van der Waals surface area (Å²) in [6.45, 7) is 0. The molecule has 3 atom stereocenters. The van der Waals surface area contributed by atoms with E-state index in [0.29, 0.717) is 6.42 Å². The van der Waals surface area contributed by atoms with Gasteiger partial charge in [0.2, 0.25) is 0 Å². The Bertz CT molecular complexity index is 615. The van der Waals surface area contributed by atoms with Crippen LogP contribution in [0.5, 0.6) is 0 Å². The molecule has 0 saturated carbocycles. The van der Waals surface area contributed by atoms with E-state index in [0.717, 1.165) is 10.4 Å². The second-order valence-corrected chi connectivity index (χ2v) is 6.11. The lowest BCUT2D eigenvalue weighted by molar-refractivity contribution is -0.140. The Hall–Kier alpha value is -1.76. The highest BCUT2D eigenvalue weighted by molar-refractivity contribution is 7.09. The van der Waals surface area contributed by atoms with Crippen LogP contribution in [0.2, 0.25) is 0 Å². The van der Waals surface area contributed by atoms with Crippen LogP contribution in [0.3, 0.4) is 0 Å². The molecule has 0 amide bonds. The molecule has 1 aliphatic heterocycles. The maximum absolute atomic E-state index is 13.1. The molecule has 0 spiro atoms. The first-order valence-corrected chi connectivity index (χ1v) is 7.55. The van der Waals surface area contributed by atoms with Gasteiger partial charge in [-0.1, -0.05) is 18.2 Å². The molecule has 21 heavy (non-hydrogen) atoms. The Morgan fingerprint density at radius 2 is 2.00 bits per heavy atom. The zero-order valence-electron chi connectivity index (χ0n) is 11.1. The minimum Gasteiger partial charge on any atom is -0.480 e. The second kappa shape index (κ2) is 5.93. The number of aliphatic carboxylic acids is 1. The molecule has 4 nitrogen and oxygen atoms in total. The van der Waals surface area contributed by atoms with Gasteiger partial charge >= 0.3 is 5.97 Å². The second-order valence-electron chi connectivity index (χ2n) is 5.08. The molecule has 1 fully saturated rings. The molecule has 2 aromatic rings. The molecule has 1 aromatic carbocycles. The van der Waals surface area contributed by atoms with E-state index < -0.39 is 12.0 Å². The Labute approximate surface area is 125 Å². The third-order valence-corrected chi connectivity index (χ3v) is 4.66. The summed E-state index contributed by atoms with van der Waals surface area (Å²) in [6, 6.07) is 9.32. The molecule has 1 aliphatic rings. The highest BCUT2D eigenvalue weighted by Gasteiger charge is 2.40. The lowest BCUT2D eigenvalue weighted by Gasteiger charge is -2.20.